The van der Waals surface area contributed by atoms with E-state index in [1.165, 1.54) is 0 Å². The molecule has 200 valence electrons. The molecule has 0 unspecified atom stereocenters. The number of esters is 1. The normalized spacial score (nSPS) is 18.0. The monoisotopic (exact) mass is 513 g/mol. The van der Waals surface area contributed by atoms with Crippen LogP contribution in [-0.4, -0.2) is 85.3 Å². The molecule has 2 aromatic rings. The lowest BCUT2D eigenvalue weighted by Crippen LogP contribution is -2.43. The van der Waals surface area contributed by atoms with Gasteiger partial charge in [0.15, 0.2) is 11.5 Å². The zero-order chi connectivity index (χ0) is 26.2. The van der Waals surface area contributed by atoms with Crippen LogP contribution in [0.15, 0.2) is 34.9 Å². The minimum absolute atomic E-state index is 0.0356. The fourth-order valence-electron chi connectivity index (χ4n) is 4.75. The molecule has 2 aliphatic rings. The number of nitrogens with zero attached hydrogens (tertiary/aromatic N) is 3. The number of benzene rings is 1. The molecule has 1 atom stereocenters. The van der Waals surface area contributed by atoms with E-state index in [9.17, 15) is 14.4 Å². The van der Waals surface area contributed by atoms with Crippen LogP contribution in [0, 0.1) is 5.92 Å². The summed E-state index contributed by atoms with van der Waals surface area (Å²) in [5.74, 6) is 0.512. The molecule has 10 heteroatoms. The summed E-state index contributed by atoms with van der Waals surface area (Å²) in [6.07, 6.45) is 3.13. The Balaban J connectivity index is 1.37. The molecule has 0 saturated carbocycles. The van der Waals surface area contributed by atoms with Crippen molar-refractivity contribution in [2.75, 3.05) is 46.5 Å². The Morgan fingerprint density at radius 2 is 1.89 bits per heavy atom. The second-order valence-corrected chi connectivity index (χ2v) is 9.35. The largest absolute Gasteiger partial charge is 0.497 e. The summed E-state index contributed by atoms with van der Waals surface area (Å²) < 4.78 is 21.5. The lowest BCUT2D eigenvalue weighted by molar-refractivity contribution is -0.151. The summed E-state index contributed by atoms with van der Waals surface area (Å²) in [4.78, 5) is 41.7. The zero-order valence-electron chi connectivity index (χ0n) is 21.5. The number of aromatic nitrogens is 1. The van der Waals surface area contributed by atoms with Gasteiger partial charge in [0.25, 0.3) is 5.91 Å². The van der Waals surface area contributed by atoms with Crippen LogP contribution in [0.3, 0.4) is 0 Å². The van der Waals surface area contributed by atoms with E-state index in [1.54, 1.807) is 29.9 Å². The number of methoxy groups -OCH3 is 1. The Morgan fingerprint density at radius 3 is 2.54 bits per heavy atom. The van der Waals surface area contributed by atoms with E-state index in [2.05, 4.69) is 5.16 Å². The highest BCUT2D eigenvalue weighted by Crippen LogP contribution is 2.24. The maximum atomic E-state index is 13.4. The summed E-state index contributed by atoms with van der Waals surface area (Å²) in [6.45, 7) is 4.49. The van der Waals surface area contributed by atoms with Crippen LogP contribution in [-0.2, 0) is 19.1 Å². The molecule has 2 amide bonds. The Morgan fingerprint density at radius 1 is 1.14 bits per heavy atom. The molecule has 0 N–H and O–H groups in total. The number of piperidine rings is 1. The molecule has 4 rings (SSSR count). The van der Waals surface area contributed by atoms with Crippen molar-refractivity contribution in [1.82, 2.24) is 15.0 Å². The van der Waals surface area contributed by atoms with E-state index in [0.29, 0.717) is 51.4 Å². The Labute approximate surface area is 216 Å². The second-order valence-electron chi connectivity index (χ2n) is 9.35. The number of hydrogen-bond acceptors (Lipinski definition) is 8. The van der Waals surface area contributed by atoms with Gasteiger partial charge in [-0.3, -0.25) is 14.4 Å². The van der Waals surface area contributed by atoms with Gasteiger partial charge in [-0.1, -0.05) is 5.16 Å². The highest BCUT2D eigenvalue weighted by atomic mass is 16.5. The molecule has 2 aliphatic heterocycles. The zero-order valence-corrected chi connectivity index (χ0v) is 21.5. The maximum absolute atomic E-state index is 13.4. The van der Waals surface area contributed by atoms with Crippen LogP contribution in [0.1, 0.15) is 49.5 Å². The topological polar surface area (TPSA) is 111 Å². The second kappa shape index (κ2) is 12.7. The van der Waals surface area contributed by atoms with Gasteiger partial charge in [-0.2, -0.15) is 0 Å². The molecule has 1 aromatic carbocycles. The molecule has 0 radical (unpaired) electrons. The van der Waals surface area contributed by atoms with Gasteiger partial charge in [0.05, 0.1) is 25.7 Å². The molecule has 0 spiro atoms. The van der Waals surface area contributed by atoms with Gasteiger partial charge in [-0.05, 0) is 56.9 Å². The van der Waals surface area contributed by atoms with Crippen LogP contribution < -0.4 is 4.74 Å². The van der Waals surface area contributed by atoms with Crippen LogP contribution in [0.5, 0.6) is 5.75 Å². The Kier molecular flexibility index (Phi) is 9.16. The van der Waals surface area contributed by atoms with Crippen molar-refractivity contribution >= 4 is 17.8 Å². The van der Waals surface area contributed by atoms with Gasteiger partial charge in [-0.25, -0.2) is 0 Å². The quantitative estimate of drug-likeness (QED) is 0.446. The van der Waals surface area contributed by atoms with Gasteiger partial charge in [0, 0.05) is 50.8 Å². The van der Waals surface area contributed by atoms with E-state index in [0.717, 1.165) is 24.2 Å². The molecule has 1 aromatic heterocycles. The lowest BCUT2D eigenvalue weighted by Gasteiger charge is -2.32. The number of carbonyl (C=O) groups is 3. The fraction of sp³-hybridized carbons (Fsp3) is 0.556. The number of hydrogen-bond donors (Lipinski definition) is 0. The first-order chi connectivity index (χ1) is 18.0. The Bertz CT molecular complexity index is 1050. The number of ether oxygens (including phenoxy) is 3. The van der Waals surface area contributed by atoms with E-state index >= 15 is 0 Å². The summed E-state index contributed by atoms with van der Waals surface area (Å²) >= 11 is 0. The minimum atomic E-state index is -0.298. The van der Waals surface area contributed by atoms with Gasteiger partial charge < -0.3 is 28.5 Å². The van der Waals surface area contributed by atoms with Crippen molar-refractivity contribution in [2.45, 2.75) is 45.1 Å². The summed E-state index contributed by atoms with van der Waals surface area (Å²) in [6, 6.07) is 8.91. The van der Waals surface area contributed by atoms with Crippen LogP contribution in [0.4, 0.5) is 0 Å². The standard InChI is InChI=1S/C27H35N3O7/c1-3-35-27(33)20-10-13-29(14-11-20)25(31)12-15-30(18-22-5-4-16-36-22)26(32)23-17-24(37-28-23)19-6-8-21(34-2)9-7-19/h6-9,17,20,22H,3-5,10-16,18H2,1-2H3/t22-/m0/s1. The molecule has 2 saturated heterocycles. The lowest BCUT2D eigenvalue weighted by atomic mass is 9.97. The van der Waals surface area contributed by atoms with Gasteiger partial charge >= 0.3 is 5.97 Å². The van der Waals surface area contributed by atoms with Crippen molar-refractivity contribution in [3.63, 3.8) is 0 Å². The predicted molar refractivity (Wildman–Crippen MR) is 134 cm³/mol. The number of amides is 2. The third kappa shape index (κ3) is 6.88. The first-order valence-electron chi connectivity index (χ1n) is 12.9. The average molecular weight is 514 g/mol. The van der Waals surface area contributed by atoms with E-state index < -0.39 is 0 Å². The van der Waals surface area contributed by atoms with Crippen molar-refractivity contribution in [3.8, 4) is 17.1 Å². The van der Waals surface area contributed by atoms with Crippen molar-refractivity contribution < 1.29 is 33.1 Å². The third-order valence-corrected chi connectivity index (χ3v) is 6.90. The molecule has 0 bridgehead atoms. The van der Waals surface area contributed by atoms with Gasteiger partial charge in [0.1, 0.15) is 5.75 Å². The first kappa shape index (κ1) is 26.7. The summed E-state index contributed by atoms with van der Waals surface area (Å²) in [5, 5.41) is 4.01. The van der Waals surface area contributed by atoms with Gasteiger partial charge in [0.2, 0.25) is 5.91 Å². The SMILES string of the molecule is CCOC(=O)C1CCN(C(=O)CCN(C[C@@H]2CCCO2)C(=O)c2cc(-c3ccc(OC)cc3)on2)CC1. The molecule has 0 aliphatic carbocycles. The fourth-order valence-corrected chi connectivity index (χ4v) is 4.75. The number of likely N-dealkylation sites (tertiary alicyclic amines) is 1. The summed E-state index contributed by atoms with van der Waals surface area (Å²) in [5.41, 5.74) is 0.964. The third-order valence-electron chi connectivity index (χ3n) is 6.90. The van der Waals surface area contributed by atoms with E-state index in [-0.39, 0.29) is 48.5 Å². The summed E-state index contributed by atoms with van der Waals surface area (Å²) in [7, 11) is 1.60. The molecule has 10 nitrogen and oxygen atoms in total. The van der Waals surface area contributed by atoms with E-state index in [4.69, 9.17) is 18.7 Å². The molecule has 2 fully saturated rings. The number of rotatable bonds is 10. The predicted octanol–water partition coefficient (Wildman–Crippen LogP) is 3.16. The van der Waals surface area contributed by atoms with E-state index in [1.807, 2.05) is 24.3 Å². The molecular formula is C27H35N3O7. The smallest absolute Gasteiger partial charge is 0.309 e. The first-order valence-corrected chi connectivity index (χ1v) is 12.9. The average Bonchev–Trinajstić information content (AvgIpc) is 3.63. The highest BCUT2D eigenvalue weighted by molar-refractivity contribution is 5.93. The van der Waals surface area contributed by atoms with Crippen molar-refractivity contribution in [3.05, 3.63) is 36.0 Å². The minimum Gasteiger partial charge on any atom is -0.497 e. The number of carbonyl (C=O) groups excluding carboxylic acids is 3. The highest BCUT2D eigenvalue weighted by Gasteiger charge is 2.30. The van der Waals surface area contributed by atoms with Crippen LogP contribution in [0.2, 0.25) is 0 Å². The van der Waals surface area contributed by atoms with Gasteiger partial charge in [-0.15, -0.1) is 0 Å². The maximum Gasteiger partial charge on any atom is 0.309 e. The molecule has 37 heavy (non-hydrogen) atoms. The van der Waals surface area contributed by atoms with Crippen molar-refractivity contribution in [2.24, 2.45) is 5.92 Å². The van der Waals surface area contributed by atoms with Crippen molar-refractivity contribution in [1.29, 1.82) is 0 Å². The molecular weight excluding hydrogens is 478 g/mol. The van der Waals surface area contributed by atoms with Crippen LogP contribution in [0.25, 0.3) is 11.3 Å². The van der Waals surface area contributed by atoms with Crippen LogP contribution >= 0.6 is 0 Å². The molecule has 3 heterocycles. The Hall–Kier alpha value is -3.40.